The molecule has 20 heavy (non-hydrogen) atoms. The molecule has 1 atom stereocenters. The number of aldehydes is 1. The summed E-state index contributed by atoms with van der Waals surface area (Å²) in [7, 11) is 0. The van der Waals surface area contributed by atoms with Crippen LogP contribution in [-0.2, 0) is 9.53 Å². The number of carbonyl (C=O) groups excluding carboxylic acids is 2. The number of carbonyl (C=O) groups is 2. The van der Waals surface area contributed by atoms with Gasteiger partial charge in [-0.3, -0.25) is 0 Å². The summed E-state index contributed by atoms with van der Waals surface area (Å²) < 4.78 is 6.10. The smallest absolute Gasteiger partial charge is 0.408 e. The van der Waals surface area contributed by atoms with Gasteiger partial charge < -0.3 is 14.8 Å². The molecular weight excluding hydrogens is 322 g/mol. The second-order valence-electron chi connectivity index (χ2n) is 5.67. The van der Waals surface area contributed by atoms with Crippen molar-refractivity contribution < 1.29 is 14.3 Å². The summed E-state index contributed by atoms with van der Waals surface area (Å²) in [6.45, 7) is 9.19. The van der Waals surface area contributed by atoms with Crippen molar-refractivity contribution >= 4 is 28.3 Å². The monoisotopic (exact) mass is 341 g/mol. The Kier molecular flexibility index (Phi) is 5.34. The Bertz CT molecular complexity index is 521. The summed E-state index contributed by atoms with van der Waals surface area (Å²) in [4.78, 5) is 23.0. The largest absolute Gasteiger partial charge is 0.444 e. The highest BCUT2D eigenvalue weighted by molar-refractivity contribution is 9.10. The summed E-state index contributed by atoms with van der Waals surface area (Å²) in [5.74, 6) is 0. The molecule has 5 heteroatoms. The molecule has 1 aromatic rings. The van der Waals surface area contributed by atoms with Crippen LogP contribution in [0.1, 0.15) is 43.5 Å². The van der Waals surface area contributed by atoms with E-state index in [9.17, 15) is 9.59 Å². The number of rotatable bonds is 3. The van der Waals surface area contributed by atoms with Crippen molar-refractivity contribution in [2.24, 2.45) is 0 Å². The highest BCUT2D eigenvalue weighted by Crippen LogP contribution is 2.27. The van der Waals surface area contributed by atoms with Crippen LogP contribution in [0.4, 0.5) is 4.79 Å². The van der Waals surface area contributed by atoms with Gasteiger partial charge in [0.25, 0.3) is 0 Å². The molecule has 0 heterocycles. The maximum Gasteiger partial charge on any atom is 0.408 e. The van der Waals surface area contributed by atoms with Gasteiger partial charge in [-0.1, -0.05) is 28.1 Å². The van der Waals surface area contributed by atoms with Crippen molar-refractivity contribution in [3.05, 3.63) is 33.3 Å². The first-order valence-corrected chi connectivity index (χ1v) is 7.15. The number of amides is 1. The van der Waals surface area contributed by atoms with Gasteiger partial charge in [0.15, 0.2) is 0 Å². The first kappa shape index (κ1) is 16.7. The van der Waals surface area contributed by atoms with E-state index in [4.69, 9.17) is 4.74 Å². The van der Waals surface area contributed by atoms with E-state index in [-0.39, 0.29) is 0 Å². The number of alkyl carbamates (subject to hydrolysis) is 1. The van der Waals surface area contributed by atoms with Gasteiger partial charge in [-0.15, -0.1) is 0 Å². The predicted molar refractivity (Wildman–Crippen MR) is 81.8 cm³/mol. The zero-order valence-electron chi connectivity index (χ0n) is 12.4. The second kappa shape index (κ2) is 6.39. The van der Waals surface area contributed by atoms with Crippen molar-refractivity contribution in [2.45, 2.75) is 46.3 Å². The molecular formula is C15H20BrNO3. The minimum absolute atomic E-state index is 0.597. The molecule has 1 N–H and O–H groups in total. The molecule has 110 valence electrons. The molecule has 0 radical (unpaired) electrons. The van der Waals surface area contributed by atoms with E-state index in [1.165, 1.54) is 0 Å². The van der Waals surface area contributed by atoms with E-state index < -0.39 is 17.7 Å². The first-order chi connectivity index (χ1) is 9.15. The van der Waals surface area contributed by atoms with Crippen molar-refractivity contribution in [3.8, 4) is 0 Å². The van der Waals surface area contributed by atoms with Crippen LogP contribution in [0.25, 0.3) is 0 Å². The third-order valence-corrected chi connectivity index (χ3v) is 3.98. The highest BCUT2D eigenvalue weighted by atomic mass is 79.9. The lowest BCUT2D eigenvalue weighted by atomic mass is 10.00. The first-order valence-electron chi connectivity index (χ1n) is 6.36. The van der Waals surface area contributed by atoms with E-state index in [0.717, 1.165) is 21.2 Å². The van der Waals surface area contributed by atoms with Gasteiger partial charge in [0.05, 0.1) is 0 Å². The average Bonchev–Trinajstić information content (AvgIpc) is 2.32. The number of hydrogen-bond donors (Lipinski definition) is 1. The van der Waals surface area contributed by atoms with Crippen LogP contribution < -0.4 is 5.32 Å². The third kappa shape index (κ3) is 4.34. The maximum atomic E-state index is 11.8. The summed E-state index contributed by atoms with van der Waals surface area (Å²) >= 11 is 3.48. The number of hydrogen-bond acceptors (Lipinski definition) is 3. The fourth-order valence-corrected chi connectivity index (χ4v) is 2.15. The zero-order chi connectivity index (χ0) is 15.5. The Labute approximate surface area is 128 Å². The fraction of sp³-hybridized carbons (Fsp3) is 0.467. The standard InChI is InChI=1S/C15H20BrNO3/c1-9-6-7-11(10(2)13(9)16)12(8-18)17-14(19)20-15(3,4)5/h6-8,12H,1-5H3,(H,17,19). The molecule has 1 amide bonds. The van der Waals surface area contributed by atoms with Crippen molar-refractivity contribution in [1.29, 1.82) is 0 Å². The number of aryl methyl sites for hydroxylation is 1. The minimum atomic E-state index is -0.721. The summed E-state index contributed by atoms with van der Waals surface area (Å²) in [5.41, 5.74) is 2.16. The number of ether oxygens (including phenoxy) is 1. The molecule has 0 bridgehead atoms. The van der Waals surface area contributed by atoms with Gasteiger partial charge in [0.2, 0.25) is 0 Å². The summed E-state index contributed by atoms with van der Waals surface area (Å²) in [5, 5.41) is 2.58. The predicted octanol–water partition coefficient (Wildman–Crippen LogP) is 3.83. The molecule has 1 aromatic carbocycles. The van der Waals surface area contributed by atoms with Crippen LogP contribution in [0.2, 0.25) is 0 Å². The van der Waals surface area contributed by atoms with Crippen LogP contribution in [0, 0.1) is 13.8 Å². The van der Waals surface area contributed by atoms with Crippen LogP contribution in [0.3, 0.4) is 0 Å². The van der Waals surface area contributed by atoms with Gasteiger partial charge in [-0.2, -0.15) is 0 Å². The van der Waals surface area contributed by atoms with Crippen molar-refractivity contribution in [1.82, 2.24) is 5.32 Å². The third-order valence-electron chi connectivity index (χ3n) is 2.76. The van der Waals surface area contributed by atoms with Crippen LogP contribution in [-0.4, -0.2) is 18.0 Å². The number of nitrogens with one attached hydrogen (secondary N) is 1. The minimum Gasteiger partial charge on any atom is -0.444 e. The van der Waals surface area contributed by atoms with E-state index in [1.807, 2.05) is 26.0 Å². The second-order valence-corrected chi connectivity index (χ2v) is 6.46. The molecule has 1 rings (SSSR count). The fourth-order valence-electron chi connectivity index (χ4n) is 1.79. The van der Waals surface area contributed by atoms with Gasteiger partial charge >= 0.3 is 6.09 Å². The normalized spacial score (nSPS) is 12.7. The Morgan fingerprint density at radius 1 is 1.35 bits per heavy atom. The Balaban J connectivity index is 2.95. The molecule has 0 saturated carbocycles. The molecule has 1 unspecified atom stereocenters. The highest BCUT2D eigenvalue weighted by Gasteiger charge is 2.21. The van der Waals surface area contributed by atoms with Crippen LogP contribution in [0.15, 0.2) is 16.6 Å². The lowest BCUT2D eigenvalue weighted by Crippen LogP contribution is -2.35. The van der Waals surface area contributed by atoms with Crippen molar-refractivity contribution in [2.75, 3.05) is 0 Å². The molecule has 0 fully saturated rings. The SMILES string of the molecule is Cc1ccc(C(C=O)NC(=O)OC(C)(C)C)c(C)c1Br. The molecule has 0 aliphatic heterocycles. The summed E-state index contributed by atoms with van der Waals surface area (Å²) in [6, 6.07) is 3.02. The molecule has 4 nitrogen and oxygen atoms in total. The summed E-state index contributed by atoms with van der Waals surface area (Å²) in [6.07, 6.45) is 0.0966. The molecule has 0 spiro atoms. The number of benzene rings is 1. The van der Waals surface area contributed by atoms with Crippen LogP contribution in [0.5, 0.6) is 0 Å². The lowest BCUT2D eigenvalue weighted by Gasteiger charge is -2.22. The maximum absolute atomic E-state index is 11.8. The van der Waals surface area contributed by atoms with Gasteiger partial charge in [-0.25, -0.2) is 4.79 Å². The lowest BCUT2D eigenvalue weighted by molar-refractivity contribution is -0.109. The van der Waals surface area contributed by atoms with E-state index in [1.54, 1.807) is 20.8 Å². The van der Waals surface area contributed by atoms with E-state index >= 15 is 0 Å². The van der Waals surface area contributed by atoms with E-state index in [2.05, 4.69) is 21.2 Å². The van der Waals surface area contributed by atoms with Crippen molar-refractivity contribution in [3.63, 3.8) is 0 Å². The number of halogens is 1. The Morgan fingerprint density at radius 3 is 2.45 bits per heavy atom. The Morgan fingerprint density at radius 2 is 1.95 bits per heavy atom. The topological polar surface area (TPSA) is 55.4 Å². The average molecular weight is 342 g/mol. The molecule has 0 aliphatic carbocycles. The van der Waals surface area contributed by atoms with Gasteiger partial charge in [0, 0.05) is 4.47 Å². The molecule has 0 aliphatic rings. The molecule has 0 saturated heterocycles. The quantitative estimate of drug-likeness (QED) is 0.850. The van der Waals surface area contributed by atoms with Gasteiger partial charge in [-0.05, 0) is 51.3 Å². The zero-order valence-corrected chi connectivity index (χ0v) is 14.0. The van der Waals surface area contributed by atoms with Crippen LogP contribution >= 0.6 is 15.9 Å². The molecule has 0 aromatic heterocycles. The van der Waals surface area contributed by atoms with Gasteiger partial charge in [0.1, 0.15) is 17.9 Å². The Hall–Kier alpha value is -1.36. The van der Waals surface area contributed by atoms with E-state index in [0.29, 0.717) is 6.29 Å².